The van der Waals surface area contributed by atoms with Gasteiger partial charge in [0, 0.05) is 36.2 Å². The summed E-state index contributed by atoms with van der Waals surface area (Å²) in [7, 11) is 0. The number of nitrogens with one attached hydrogen (secondary N) is 1. The Kier molecular flexibility index (Phi) is 4.59. The zero-order valence-electron chi connectivity index (χ0n) is 15.9. The molecule has 1 saturated heterocycles. The summed E-state index contributed by atoms with van der Waals surface area (Å²) < 4.78 is 0. The van der Waals surface area contributed by atoms with Gasteiger partial charge in [-0.05, 0) is 54.7 Å². The van der Waals surface area contributed by atoms with Crippen LogP contribution in [0.25, 0.3) is 10.9 Å². The summed E-state index contributed by atoms with van der Waals surface area (Å²) in [5.74, 6) is 1.49. The van der Waals surface area contributed by atoms with Gasteiger partial charge in [-0.2, -0.15) is 0 Å². The zero-order valence-corrected chi connectivity index (χ0v) is 15.9. The Balaban J connectivity index is 1.31. The average molecular weight is 357 g/mol. The third-order valence-electron chi connectivity index (χ3n) is 6.56. The quantitative estimate of drug-likeness (QED) is 0.621. The predicted octanol–water partition coefficient (Wildman–Crippen LogP) is 5.22. The molecule has 138 valence electrons. The molecule has 1 aromatic heterocycles. The normalized spacial score (nSPS) is 25.1. The van der Waals surface area contributed by atoms with Crippen LogP contribution in [-0.4, -0.2) is 29.0 Å². The first kappa shape index (κ1) is 16.8. The molecule has 2 bridgehead atoms. The van der Waals surface area contributed by atoms with Crippen molar-refractivity contribution in [1.82, 2.24) is 9.88 Å². The van der Waals surface area contributed by atoms with Crippen LogP contribution < -0.4 is 0 Å². The van der Waals surface area contributed by atoms with Gasteiger partial charge in [0.25, 0.3) is 0 Å². The maximum atomic E-state index is 3.43. The van der Waals surface area contributed by atoms with E-state index in [0.29, 0.717) is 6.04 Å². The van der Waals surface area contributed by atoms with Crippen molar-refractivity contribution in [3.8, 4) is 0 Å². The molecule has 3 heterocycles. The molecule has 2 aromatic carbocycles. The Morgan fingerprint density at radius 3 is 2.78 bits per heavy atom. The molecule has 1 aliphatic carbocycles. The van der Waals surface area contributed by atoms with E-state index in [0.717, 1.165) is 24.8 Å². The molecule has 2 heteroatoms. The first-order chi connectivity index (χ1) is 13.4. The number of para-hydroxylation sites is 1. The van der Waals surface area contributed by atoms with E-state index in [9.17, 15) is 0 Å². The van der Waals surface area contributed by atoms with Gasteiger partial charge < -0.3 is 4.98 Å². The summed E-state index contributed by atoms with van der Waals surface area (Å²) in [6.45, 7) is 2.39. The molecule has 0 amide bonds. The van der Waals surface area contributed by atoms with Crippen molar-refractivity contribution in [2.24, 2.45) is 11.8 Å². The van der Waals surface area contributed by atoms with Gasteiger partial charge in [0.15, 0.2) is 0 Å². The van der Waals surface area contributed by atoms with Crippen LogP contribution in [0.15, 0.2) is 72.9 Å². The van der Waals surface area contributed by atoms with Crippen LogP contribution >= 0.6 is 0 Å². The van der Waals surface area contributed by atoms with Gasteiger partial charge >= 0.3 is 0 Å². The van der Waals surface area contributed by atoms with Crippen LogP contribution in [-0.2, 0) is 12.8 Å². The second kappa shape index (κ2) is 7.36. The Morgan fingerprint density at radius 2 is 1.85 bits per heavy atom. The van der Waals surface area contributed by atoms with Crippen molar-refractivity contribution >= 4 is 10.9 Å². The number of benzene rings is 2. The average Bonchev–Trinajstić information content (AvgIpc) is 2.88. The summed E-state index contributed by atoms with van der Waals surface area (Å²) >= 11 is 0. The number of nitrogens with zero attached hydrogens (tertiary/aromatic N) is 1. The van der Waals surface area contributed by atoms with E-state index >= 15 is 0 Å². The molecule has 6 rings (SSSR count). The zero-order chi connectivity index (χ0) is 18.1. The third-order valence-corrected chi connectivity index (χ3v) is 6.56. The van der Waals surface area contributed by atoms with Crippen LogP contribution in [0.1, 0.15) is 24.0 Å². The number of hydrogen-bond acceptors (Lipinski definition) is 1. The van der Waals surface area contributed by atoms with Crippen LogP contribution in [0.2, 0.25) is 0 Å². The minimum Gasteiger partial charge on any atom is -0.361 e. The lowest BCUT2D eigenvalue weighted by Gasteiger charge is -2.42. The van der Waals surface area contributed by atoms with Crippen LogP contribution in [0.5, 0.6) is 0 Å². The highest BCUT2D eigenvalue weighted by Crippen LogP contribution is 2.36. The molecule has 3 unspecified atom stereocenters. The number of rotatable bonds is 5. The van der Waals surface area contributed by atoms with Gasteiger partial charge in [-0.15, -0.1) is 0 Å². The number of aromatic amines is 1. The van der Waals surface area contributed by atoms with Crippen molar-refractivity contribution in [2.45, 2.75) is 31.7 Å². The van der Waals surface area contributed by atoms with E-state index in [-0.39, 0.29) is 0 Å². The van der Waals surface area contributed by atoms with E-state index in [1.165, 1.54) is 47.8 Å². The van der Waals surface area contributed by atoms with Crippen molar-refractivity contribution in [3.63, 3.8) is 0 Å². The van der Waals surface area contributed by atoms with E-state index in [1.54, 1.807) is 0 Å². The highest BCUT2D eigenvalue weighted by atomic mass is 15.2. The maximum Gasteiger partial charge on any atom is 0.0456 e. The lowest BCUT2D eigenvalue weighted by atomic mass is 9.80. The monoisotopic (exact) mass is 356 g/mol. The Morgan fingerprint density at radius 1 is 1.00 bits per heavy atom. The molecule has 0 spiro atoms. The van der Waals surface area contributed by atoms with Crippen molar-refractivity contribution < 1.29 is 0 Å². The molecular formula is C25H28N2. The molecule has 1 fully saturated rings. The molecule has 0 radical (unpaired) electrons. The van der Waals surface area contributed by atoms with Crippen LogP contribution in [0, 0.1) is 11.8 Å². The summed E-state index contributed by atoms with van der Waals surface area (Å²) in [6.07, 6.45) is 12.1. The second-order valence-corrected chi connectivity index (χ2v) is 8.28. The van der Waals surface area contributed by atoms with Crippen LogP contribution in [0.4, 0.5) is 0 Å². The first-order valence-electron chi connectivity index (χ1n) is 10.4. The topological polar surface area (TPSA) is 19.0 Å². The van der Waals surface area contributed by atoms with Crippen molar-refractivity contribution in [3.05, 3.63) is 84.1 Å². The first-order valence-corrected chi connectivity index (χ1v) is 10.4. The molecule has 2 nitrogen and oxygen atoms in total. The maximum absolute atomic E-state index is 3.43. The number of hydrogen-bond donors (Lipinski definition) is 1. The van der Waals surface area contributed by atoms with Gasteiger partial charge in [0.2, 0.25) is 0 Å². The SMILES string of the molecule is C1=CC2CC(Cc3ccccc3)C(C1)N(CCc1c[nH]c3ccccc13)C2. The van der Waals surface area contributed by atoms with Gasteiger partial charge in [-0.25, -0.2) is 0 Å². The lowest BCUT2D eigenvalue weighted by molar-refractivity contribution is 0.0783. The summed E-state index contributed by atoms with van der Waals surface area (Å²) in [5.41, 5.74) is 4.21. The Bertz CT molecular complexity index is 924. The van der Waals surface area contributed by atoms with Gasteiger partial charge in [0.1, 0.15) is 0 Å². The Labute approximate surface area is 161 Å². The highest BCUT2D eigenvalue weighted by Gasteiger charge is 2.36. The molecular weight excluding hydrogens is 328 g/mol. The second-order valence-electron chi connectivity index (χ2n) is 8.28. The predicted molar refractivity (Wildman–Crippen MR) is 113 cm³/mol. The standard InChI is InChI=1S/C25H28N2/c1-2-7-19(8-3-1)15-22-16-20-9-6-12-25(22)27(18-20)14-13-21-17-26-24-11-5-4-10-23(21)24/h1-11,17,20,22,25-26H,12-16,18H2. The third kappa shape index (κ3) is 3.46. The molecule has 0 saturated carbocycles. The van der Waals surface area contributed by atoms with E-state index in [1.807, 2.05) is 0 Å². The van der Waals surface area contributed by atoms with E-state index in [2.05, 4.69) is 82.8 Å². The fourth-order valence-electron chi connectivity index (χ4n) is 5.24. The molecule has 27 heavy (non-hydrogen) atoms. The Hall–Kier alpha value is -2.32. The number of piperidine rings is 1. The lowest BCUT2D eigenvalue weighted by Crippen LogP contribution is -2.48. The largest absolute Gasteiger partial charge is 0.361 e. The minimum absolute atomic E-state index is 0.686. The van der Waals surface area contributed by atoms with Crippen molar-refractivity contribution in [1.29, 1.82) is 0 Å². The van der Waals surface area contributed by atoms with Gasteiger partial charge in [-0.1, -0.05) is 60.7 Å². The van der Waals surface area contributed by atoms with Crippen molar-refractivity contribution in [2.75, 3.05) is 13.1 Å². The molecule has 3 aliphatic rings. The fourth-order valence-corrected chi connectivity index (χ4v) is 5.24. The van der Waals surface area contributed by atoms with Gasteiger partial charge in [-0.3, -0.25) is 4.90 Å². The van der Waals surface area contributed by atoms with E-state index < -0.39 is 0 Å². The number of aromatic nitrogens is 1. The number of H-pyrrole nitrogens is 1. The molecule has 3 atom stereocenters. The summed E-state index contributed by atoms with van der Waals surface area (Å²) in [4.78, 5) is 6.21. The van der Waals surface area contributed by atoms with E-state index in [4.69, 9.17) is 0 Å². The smallest absolute Gasteiger partial charge is 0.0456 e. The van der Waals surface area contributed by atoms with Gasteiger partial charge in [0.05, 0.1) is 0 Å². The highest BCUT2D eigenvalue weighted by molar-refractivity contribution is 5.83. The summed E-state index contributed by atoms with van der Waals surface area (Å²) in [5, 5.41) is 1.39. The summed E-state index contributed by atoms with van der Waals surface area (Å²) in [6, 6.07) is 20.4. The van der Waals surface area contributed by atoms with Crippen LogP contribution in [0.3, 0.4) is 0 Å². The molecule has 1 N–H and O–H groups in total. The minimum atomic E-state index is 0.686. The molecule has 2 aliphatic heterocycles. The number of fused-ring (bicyclic) bond motifs is 4. The molecule has 3 aromatic rings. The fraction of sp³-hybridized carbons (Fsp3) is 0.360.